The molecule has 0 radical (unpaired) electrons. The molecule has 0 atom stereocenters. The van der Waals surface area contributed by atoms with Crippen LogP contribution in [-0.2, 0) is 12.4 Å². The zero-order valence-corrected chi connectivity index (χ0v) is 10.9. The van der Waals surface area contributed by atoms with Crippen molar-refractivity contribution in [3.63, 3.8) is 0 Å². The lowest BCUT2D eigenvalue weighted by Gasteiger charge is -2.17. The molecule has 0 unspecified atom stereocenters. The van der Waals surface area contributed by atoms with Crippen LogP contribution >= 0.6 is 22.6 Å². The Kier molecular flexibility index (Phi) is 3.99. The Bertz CT molecular complexity index is 488. The molecule has 0 aliphatic rings. The van der Waals surface area contributed by atoms with Gasteiger partial charge in [-0.2, -0.15) is 26.3 Å². The van der Waals surface area contributed by atoms with Crippen molar-refractivity contribution in [2.24, 2.45) is 0 Å². The SMILES string of the molecule is CC(=O)c1ccc(C(F)(F)F)c(I)c1C(F)(F)F. The Labute approximate surface area is 111 Å². The maximum atomic E-state index is 12.7. The van der Waals surface area contributed by atoms with Crippen molar-refractivity contribution in [2.45, 2.75) is 19.3 Å². The van der Waals surface area contributed by atoms with Crippen LogP contribution in [0.5, 0.6) is 0 Å². The van der Waals surface area contributed by atoms with Crippen molar-refractivity contribution in [3.8, 4) is 0 Å². The van der Waals surface area contributed by atoms with Gasteiger partial charge in [0, 0.05) is 9.13 Å². The van der Waals surface area contributed by atoms with E-state index in [1.165, 1.54) is 0 Å². The Morgan fingerprint density at radius 1 is 1.06 bits per heavy atom. The Morgan fingerprint density at radius 2 is 1.56 bits per heavy atom. The second-order valence-corrected chi connectivity index (χ2v) is 4.48. The van der Waals surface area contributed by atoms with Crippen LogP contribution in [0.4, 0.5) is 26.3 Å². The Hall–Kier alpha value is -0.800. The zero-order chi connectivity index (χ0) is 14.3. The summed E-state index contributed by atoms with van der Waals surface area (Å²) in [5.74, 6) is -0.936. The lowest BCUT2D eigenvalue weighted by Crippen LogP contribution is -2.18. The second-order valence-electron chi connectivity index (χ2n) is 3.40. The lowest BCUT2D eigenvalue weighted by molar-refractivity contribution is -0.144. The molecule has 0 bridgehead atoms. The summed E-state index contributed by atoms with van der Waals surface area (Å²) in [6.45, 7) is 0.869. The predicted molar refractivity (Wildman–Crippen MR) is 59.2 cm³/mol. The maximum Gasteiger partial charge on any atom is 0.418 e. The average Bonchev–Trinajstić information content (AvgIpc) is 2.12. The first kappa shape index (κ1) is 15.3. The number of Topliss-reactive ketones (excluding diaryl/α,β-unsaturated/α-hetero) is 1. The van der Waals surface area contributed by atoms with Crippen molar-refractivity contribution in [1.82, 2.24) is 0 Å². The van der Waals surface area contributed by atoms with Crippen molar-refractivity contribution in [3.05, 3.63) is 32.4 Å². The first-order chi connectivity index (χ1) is 7.96. The molecule has 0 aliphatic carbocycles. The van der Waals surface area contributed by atoms with Gasteiger partial charge < -0.3 is 0 Å². The Balaban J connectivity index is 3.67. The van der Waals surface area contributed by atoms with Crippen LogP contribution in [0.25, 0.3) is 0 Å². The standard InChI is InChI=1S/C10H5F6IO/c1-4(18)5-2-3-6(9(11,12)13)8(17)7(5)10(14,15)16/h2-3H,1H3. The van der Waals surface area contributed by atoms with Gasteiger partial charge in [0.05, 0.1) is 11.1 Å². The third kappa shape index (κ3) is 2.96. The molecule has 0 aliphatic heterocycles. The topological polar surface area (TPSA) is 17.1 Å². The fraction of sp³-hybridized carbons (Fsp3) is 0.300. The summed E-state index contributed by atoms with van der Waals surface area (Å²) in [5.41, 5.74) is -3.70. The van der Waals surface area contributed by atoms with E-state index in [9.17, 15) is 31.1 Å². The van der Waals surface area contributed by atoms with Gasteiger partial charge in [-0.05, 0) is 35.6 Å². The maximum absolute atomic E-state index is 12.7. The summed E-state index contributed by atoms with van der Waals surface area (Å²) in [4.78, 5) is 11.0. The lowest BCUT2D eigenvalue weighted by atomic mass is 10.0. The predicted octanol–water partition coefficient (Wildman–Crippen LogP) is 4.53. The monoisotopic (exact) mass is 382 g/mol. The van der Waals surface area contributed by atoms with E-state index >= 15 is 0 Å². The third-order valence-electron chi connectivity index (χ3n) is 2.11. The average molecular weight is 382 g/mol. The van der Waals surface area contributed by atoms with Crippen LogP contribution < -0.4 is 0 Å². The minimum absolute atomic E-state index is 0.480. The Morgan fingerprint density at radius 3 is 1.89 bits per heavy atom. The van der Waals surface area contributed by atoms with E-state index < -0.39 is 38.4 Å². The molecule has 0 saturated carbocycles. The number of halogens is 7. The van der Waals surface area contributed by atoms with Crippen LogP contribution in [0.2, 0.25) is 0 Å². The minimum atomic E-state index is -5.02. The summed E-state index contributed by atoms with van der Waals surface area (Å²) < 4.78 is 74.6. The molecule has 0 N–H and O–H groups in total. The van der Waals surface area contributed by atoms with Crippen LogP contribution in [-0.4, -0.2) is 5.78 Å². The number of benzene rings is 1. The molecular formula is C10H5F6IO. The second kappa shape index (κ2) is 4.71. The number of carbonyl (C=O) groups excluding carboxylic acids is 1. The summed E-state index contributed by atoms with van der Waals surface area (Å²) in [5, 5.41) is 0. The smallest absolute Gasteiger partial charge is 0.294 e. The van der Waals surface area contributed by atoms with Gasteiger partial charge in [0.1, 0.15) is 0 Å². The zero-order valence-electron chi connectivity index (χ0n) is 8.71. The summed E-state index contributed by atoms with van der Waals surface area (Å²) in [7, 11) is 0. The van der Waals surface area contributed by atoms with E-state index in [0.717, 1.165) is 29.5 Å². The number of alkyl halides is 6. The van der Waals surface area contributed by atoms with Crippen LogP contribution in [0, 0.1) is 3.57 Å². The van der Waals surface area contributed by atoms with E-state index in [1.54, 1.807) is 0 Å². The highest BCUT2D eigenvalue weighted by molar-refractivity contribution is 14.1. The largest absolute Gasteiger partial charge is 0.418 e. The van der Waals surface area contributed by atoms with Gasteiger partial charge in [-0.1, -0.05) is 6.07 Å². The van der Waals surface area contributed by atoms with Gasteiger partial charge >= 0.3 is 12.4 Å². The highest BCUT2D eigenvalue weighted by atomic mass is 127. The van der Waals surface area contributed by atoms with E-state index in [1.807, 2.05) is 0 Å². The first-order valence-electron chi connectivity index (χ1n) is 4.44. The molecule has 0 amide bonds. The fourth-order valence-corrected chi connectivity index (χ4v) is 2.45. The fourth-order valence-electron chi connectivity index (χ4n) is 1.37. The molecular weight excluding hydrogens is 377 g/mol. The minimum Gasteiger partial charge on any atom is -0.294 e. The molecule has 0 aromatic heterocycles. The van der Waals surface area contributed by atoms with Gasteiger partial charge in [-0.15, -0.1) is 0 Å². The summed E-state index contributed by atoms with van der Waals surface area (Å²) in [6.07, 6.45) is -9.91. The number of rotatable bonds is 1. The number of carbonyl (C=O) groups is 1. The van der Waals surface area contributed by atoms with Crippen LogP contribution in [0.3, 0.4) is 0 Å². The molecule has 0 saturated heterocycles. The van der Waals surface area contributed by atoms with E-state index in [0.29, 0.717) is 12.1 Å². The highest BCUT2D eigenvalue weighted by Gasteiger charge is 2.42. The molecule has 8 heteroatoms. The quantitative estimate of drug-likeness (QED) is 0.396. The van der Waals surface area contributed by atoms with E-state index in [4.69, 9.17) is 0 Å². The molecule has 1 rings (SSSR count). The molecule has 1 aromatic rings. The normalized spacial score (nSPS) is 12.7. The summed E-state index contributed by atoms with van der Waals surface area (Å²) in [6, 6.07) is 1.03. The molecule has 0 fully saturated rings. The molecule has 0 spiro atoms. The van der Waals surface area contributed by atoms with Gasteiger partial charge in [0.15, 0.2) is 5.78 Å². The molecule has 1 nitrogen and oxygen atoms in total. The van der Waals surface area contributed by atoms with Crippen molar-refractivity contribution < 1.29 is 31.1 Å². The van der Waals surface area contributed by atoms with Crippen molar-refractivity contribution in [1.29, 1.82) is 0 Å². The molecule has 0 heterocycles. The van der Waals surface area contributed by atoms with Crippen LogP contribution in [0.1, 0.15) is 28.4 Å². The van der Waals surface area contributed by atoms with Gasteiger partial charge in [0.2, 0.25) is 0 Å². The number of hydrogen-bond acceptors (Lipinski definition) is 1. The first-order valence-corrected chi connectivity index (χ1v) is 5.52. The third-order valence-corrected chi connectivity index (χ3v) is 3.23. The van der Waals surface area contributed by atoms with Gasteiger partial charge in [-0.3, -0.25) is 4.79 Å². The van der Waals surface area contributed by atoms with Gasteiger partial charge in [0.25, 0.3) is 0 Å². The summed E-state index contributed by atoms with van der Waals surface area (Å²) >= 11 is 0.958. The van der Waals surface area contributed by atoms with E-state index in [2.05, 4.69) is 0 Å². The molecule has 100 valence electrons. The molecule has 1 aromatic carbocycles. The number of hydrogen-bond donors (Lipinski definition) is 0. The van der Waals surface area contributed by atoms with Gasteiger partial charge in [-0.25, -0.2) is 0 Å². The van der Waals surface area contributed by atoms with E-state index in [-0.39, 0.29) is 0 Å². The highest BCUT2D eigenvalue weighted by Crippen LogP contribution is 2.41. The number of ketones is 1. The molecule has 18 heavy (non-hydrogen) atoms. The van der Waals surface area contributed by atoms with Crippen molar-refractivity contribution in [2.75, 3.05) is 0 Å². The van der Waals surface area contributed by atoms with Crippen LogP contribution in [0.15, 0.2) is 12.1 Å². The van der Waals surface area contributed by atoms with Crippen molar-refractivity contribution >= 4 is 28.4 Å².